The Morgan fingerprint density at radius 1 is 1.24 bits per heavy atom. The molecule has 4 rings (SSSR count). The summed E-state index contributed by atoms with van der Waals surface area (Å²) in [5, 5.41) is 23.5. The Hall–Kier alpha value is -3.49. The molecular weight excluding hydrogens is 434 g/mol. The van der Waals surface area contributed by atoms with E-state index in [4.69, 9.17) is 0 Å². The van der Waals surface area contributed by atoms with E-state index in [0.717, 1.165) is 5.56 Å². The zero-order chi connectivity index (χ0) is 24.3. The van der Waals surface area contributed by atoms with Gasteiger partial charge in [0.25, 0.3) is 5.91 Å². The summed E-state index contributed by atoms with van der Waals surface area (Å²) in [5.41, 5.74) is 0.735. The van der Waals surface area contributed by atoms with Gasteiger partial charge in [0.15, 0.2) is 5.60 Å². The molecule has 3 N–H and O–H groups in total. The molecule has 0 unspecified atom stereocenters. The van der Waals surface area contributed by atoms with E-state index in [1.54, 1.807) is 47.1 Å². The number of nitrogens with zero attached hydrogens (tertiary/aromatic N) is 2. The molecule has 2 aliphatic heterocycles. The van der Waals surface area contributed by atoms with Gasteiger partial charge in [-0.25, -0.2) is 0 Å². The van der Waals surface area contributed by atoms with Crippen LogP contribution in [-0.2, 0) is 26.5 Å². The molecule has 8 heteroatoms. The van der Waals surface area contributed by atoms with Crippen molar-refractivity contribution in [2.45, 2.75) is 31.9 Å². The van der Waals surface area contributed by atoms with Crippen LogP contribution in [0.5, 0.6) is 0 Å². The monoisotopic (exact) mass is 463 g/mol. The number of carbonyl (C=O) groups excluding carboxylic acids is 3. The average molecular weight is 464 g/mol. The molecule has 1 fully saturated rings. The maximum atomic E-state index is 12.8. The van der Waals surface area contributed by atoms with Crippen LogP contribution in [0.15, 0.2) is 60.7 Å². The maximum Gasteiger partial charge on any atom is 0.261 e. The summed E-state index contributed by atoms with van der Waals surface area (Å²) in [5.74, 6) is -1.31. The van der Waals surface area contributed by atoms with Gasteiger partial charge in [-0.1, -0.05) is 49.4 Å². The van der Waals surface area contributed by atoms with Gasteiger partial charge in [-0.2, -0.15) is 0 Å². The Morgan fingerprint density at radius 2 is 2.00 bits per heavy atom. The summed E-state index contributed by atoms with van der Waals surface area (Å²) in [7, 11) is 0. The zero-order valence-electron chi connectivity index (χ0n) is 19.1. The van der Waals surface area contributed by atoms with Gasteiger partial charge in [-0.15, -0.1) is 0 Å². The number of amides is 3. The fourth-order valence-corrected chi connectivity index (χ4v) is 4.36. The first-order chi connectivity index (χ1) is 16.3. The van der Waals surface area contributed by atoms with E-state index in [9.17, 15) is 24.6 Å². The normalized spacial score (nSPS) is 20.1. The molecule has 8 nitrogen and oxygen atoms in total. The van der Waals surface area contributed by atoms with Gasteiger partial charge >= 0.3 is 0 Å². The Kier molecular flexibility index (Phi) is 6.81. The molecule has 0 radical (unpaired) electrons. The highest BCUT2D eigenvalue weighted by molar-refractivity contribution is 6.06. The van der Waals surface area contributed by atoms with Crippen LogP contribution in [0.1, 0.15) is 30.9 Å². The van der Waals surface area contributed by atoms with Gasteiger partial charge in [0.1, 0.15) is 0 Å². The molecule has 3 amide bonds. The molecular formula is C26H29N3O5. The Labute approximate surface area is 198 Å². The second-order valence-corrected chi connectivity index (χ2v) is 8.69. The molecule has 1 saturated heterocycles. The van der Waals surface area contributed by atoms with Gasteiger partial charge in [-0.05, 0) is 23.8 Å². The van der Waals surface area contributed by atoms with Crippen LogP contribution in [0.25, 0.3) is 0 Å². The quantitative estimate of drug-likeness (QED) is 0.390. The van der Waals surface area contributed by atoms with E-state index in [1.165, 1.54) is 0 Å². The lowest BCUT2D eigenvalue weighted by molar-refractivity contribution is -0.137. The van der Waals surface area contributed by atoms with Gasteiger partial charge in [0.2, 0.25) is 11.8 Å². The number of aliphatic hydroxyl groups is 2. The number of rotatable bonds is 9. The molecule has 0 saturated carbocycles. The third-order valence-corrected chi connectivity index (χ3v) is 6.49. The number of benzene rings is 2. The van der Waals surface area contributed by atoms with Gasteiger partial charge in [0, 0.05) is 55.3 Å². The first-order valence-corrected chi connectivity index (χ1v) is 11.4. The van der Waals surface area contributed by atoms with Crippen molar-refractivity contribution < 1.29 is 24.6 Å². The fraction of sp³-hybridized carbons (Fsp3) is 0.346. The van der Waals surface area contributed by atoms with E-state index in [-0.39, 0.29) is 31.4 Å². The minimum Gasteiger partial charge on any atom is -0.395 e. The lowest BCUT2D eigenvalue weighted by atomic mass is 9.82. The number of anilines is 2. The molecule has 34 heavy (non-hydrogen) atoms. The van der Waals surface area contributed by atoms with Crippen LogP contribution in [0.3, 0.4) is 0 Å². The summed E-state index contributed by atoms with van der Waals surface area (Å²) in [6.07, 6.45) is 3.87. The molecule has 178 valence electrons. The van der Waals surface area contributed by atoms with Crippen LogP contribution >= 0.6 is 0 Å². The highest BCUT2D eigenvalue weighted by Gasteiger charge is 2.49. The Balaban J connectivity index is 1.46. The van der Waals surface area contributed by atoms with E-state index in [0.29, 0.717) is 36.4 Å². The third-order valence-electron chi connectivity index (χ3n) is 6.49. The summed E-state index contributed by atoms with van der Waals surface area (Å²) < 4.78 is 0. The van der Waals surface area contributed by atoms with Crippen LogP contribution in [-0.4, -0.2) is 52.5 Å². The number of β-lactam (4-membered cyclic amide) rings is 1. The van der Waals surface area contributed by atoms with Crippen molar-refractivity contribution in [3.8, 4) is 0 Å². The average Bonchev–Trinajstić information content (AvgIpc) is 3.09. The molecule has 0 aliphatic carbocycles. The van der Waals surface area contributed by atoms with E-state index in [1.807, 2.05) is 30.3 Å². The predicted molar refractivity (Wildman–Crippen MR) is 128 cm³/mol. The predicted octanol–water partition coefficient (Wildman–Crippen LogP) is 2.17. The van der Waals surface area contributed by atoms with E-state index >= 15 is 0 Å². The number of fused-ring (bicyclic) bond motifs is 1. The Bertz CT molecular complexity index is 1120. The number of hydrogen-bond donors (Lipinski definition) is 3. The summed E-state index contributed by atoms with van der Waals surface area (Å²) >= 11 is 0. The number of aliphatic hydroxyl groups excluding tert-OH is 1. The Morgan fingerprint density at radius 3 is 2.65 bits per heavy atom. The lowest BCUT2D eigenvalue weighted by Crippen LogP contribution is -2.44. The van der Waals surface area contributed by atoms with Crippen molar-refractivity contribution in [3.05, 3.63) is 71.8 Å². The fourth-order valence-electron chi connectivity index (χ4n) is 4.36. The first kappa shape index (κ1) is 23.7. The van der Waals surface area contributed by atoms with Crippen molar-refractivity contribution in [1.82, 2.24) is 4.90 Å². The number of hydrogen-bond acceptors (Lipinski definition) is 5. The maximum absolute atomic E-state index is 12.8. The molecule has 0 aromatic heterocycles. The summed E-state index contributed by atoms with van der Waals surface area (Å²) in [6, 6.07) is 14.7. The largest absolute Gasteiger partial charge is 0.395 e. The summed E-state index contributed by atoms with van der Waals surface area (Å²) in [4.78, 5) is 40.5. The number of nitrogens with one attached hydrogen (secondary N) is 1. The van der Waals surface area contributed by atoms with E-state index < -0.39 is 17.4 Å². The first-order valence-electron chi connectivity index (χ1n) is 11.4. The highest BCUT2D eigenvalue weighted by atomic mass is 16.3. The van der Waals surface area contributed by atoms with Gasteiger partial charge < -0.3 is 25.3 Å². The minimum atomic E-state index is -1.81. The molecule has 2 aromatic carbocycles. The summed E-state index contributed by atoms with van der Waals surface area (Å²) in [6.45, 7) is 2.79. The van der Waals surface area contributed by atoms with Crippen LogP contribution in [0, 0.1) is 5.92 Å². The third kappa shape index (κ3) is 4.47. The van der Waals surface area contributed by atoms with Crippen molar-refractivity contribution >= 4 is 29.1 Å². The van der Waals surface area contributed by atoms with Crippen molar-refractivity contribution in [2.75, 3.05) is 29.9 Å². The molecule has 0 spiro atoms. The molecule has 2 aliphatic rings. The van der Waals surface area contributed by atoms with Gasteiger partial charge in [0.05, 0.1) is 6.61 Å². The van der Waals surface area contributed by atoms with Crippen molar-refractivity contribution in [3.63, 3.8) is 0 Å². The van der Waals surface area contributed by atoms with Crippen molar-refractivity contribution in [2.24, 2.45) is 5.92 Å². The molecule has 2 heterocycles. The van der Waals surface area contributed by atoms with Crippen LogP contribution in [0.2, 0.25) is 0 Å². The topological polar surface area (TPSA) is 110 Å². The SMILES string of the molecule is C[C@H](/C=C/CC(=O)N(CCO)Cc1ccccc1)[C@@]1(O)C(=O)Nc2ccc(N3CCC3=O)cc21. The molecule has 2 atom stereocenters. The smallest absolute Gasteiger partial charge is 0.261 e. The van der Waals surface area contributed by atoms with Gasteiger partial charge in [-0.3, -0.25) is 14.4 Å². The second kappa shape index (κ2) is 9.79. The highest BCUT2D eigenvalue weighted by Crippen LogP contribution is 2.43. The second-order valence-electron chi connectivity index (χ2n) is 8.69. The molecule has 0 bridgehead atoms. The van der Waals surface area contributed by atoms with Crippen molar-refractivity contribution in [1.29, 1.82) is 0 Å². The van der Waals surface area contributed by atoms with E-state index in [2.05, 4.69) is 5.32 Å². The zero-order valence-corrected chi connectivity index (χ0v) is 19.1. The minimum absolute atomic E-state index is 0.00941. The number of carbonyl (C=O) groups is 3. The molecule has 2 aromatic rings. The standard InChI is InChI=1S/C26H29N3O5/c1-18(6-5-9-23(31)28(14-15-30)17-19-7-3-2-4-8-19)26(34)21-16-20(29-13-12-24(29)32)10-11-22(21)27-25(26)33/h2-8,10-11,16,18,30,34H,9,12-15,17H2,1H3,(H,27,33)/b6-5+/t18-,26+/m1/s1. The van der Waals surface area contributed by atoms with Crippen LogP contribution in [0.4, 0.5) is 11.4 Å². The lowest BCUT2D eigenvalue weighted by Gasteiger charge is -2.32. The van der Waals surface area contributed by atoms with Crippen LogP contribution < -0.4 is 10.2 Å².